The highest BCUT2D eigenvalue weighted by Gasteiger charge is 2.17. The summed E-state index contributed by atoms with van der Waals surface area (Å²) >= 11 is 0. The second kappa shape index (κ2) is 8.61. The number of hydrogen-bond acceptors (Lipinski definition) is 5. The number of rotatable bonds is 6. The summed E-state index contributed by atoms with van der Waals surface area (Å²) < 4.78 is 5.85. The highest BCUT2D eigenvalue weighted by Crippen LogP contribution is 2.23. The minimum absolute atomic E-state index is 0.180. The zero-order valence-corrected chi connectivity index (χ0v) is 15.5. The SMILES string of the molecule is O=C(NCc1cccnc1-c1cccnc1)c1ccc(OC2CCCC2)nc1. The lowest BCUT2D eigenvalue weighted by Crippen LogP contribution is -2.23. The third-order valence-electron chi connectivity index (χ3n) is 4.85. The zero-order valence-electron chi connectivity index (χ0n) is 15.5. The van der Waals surface area contributed by atoms with E-state index in [-0.39, 0.29) is 12.0 Å². The van der Waals surface area contributed by atoms with Crippen LogP contribution in [0.4, 0.5) is 0 Å². The fourth-order valence-corrected chi connectivity index (χ4v) is 3.38. The Morgan fingerprint density at radius 3 is 2.64 bits per heavy atom. The van der Waals surface area contributed by atoms with Crippen molar-refractivity contribution in [2.75, 3.05) is 0 Å². The topological polar surface area (TPSA) is 77.0 Å². The highest BCUT2D eigenvalue weighted by molar-refractivity contribution is 5.93. The van der Waals surface area contributed by atoms with Gasteiger partial charge in [-0.15, -0.1) is 0 Å². The van der Waals surface area contributed by atoms with Crippen LogP contribution in [0.15, 0.2) is 61.2 Å². The molecule has 3 aromatic rings. The van der Waals surface area contributed by atoms with Crippen molar-refractivity contribution in [3.05, 3.63) is 72.3 Å². The Hall–Kier alpha value is -3.28. The summed E-state index contributed by atoms with van der Waals surface area (Å²) in [7, 11) is 0. The number of carbonyl (C=O) groups excluding carboxylic acids is 1. The monoisotopic (exact) mass is 374 g/mol. The van der Waals surface area contributed by atoms with Crippen LogP contribution in [0.3, 0.4) is 0 Å². The first-order valence-electron chi connectivity index (χ1n) is 9.55. The maximum atomic E-state index is 12.5. The van der Waals surface area contributed by atoms with Crippen LogP contribution in [-0.2, 0) is 6.54 Å². The van der Waals surface area contributed by atoms with Crippen LogP contribution in [0.5, 0.6) is 5.88 Å². The largest absolute Gasteiger partial charge is 0.474 e. The Morgan fingerprint density at radius 1 is 1.04 bits per heavy atom. The molecule has 1 amide bonds. The summed E-state index contributed by atoms with van der Waals surface area (Å²) in [6.45, 7) is 0.372. The van der Waals surface area contributed by atoms with E-state index in [1.165, 1.54) is 12.8 Å². The van der Waals surface area contributed by atoms with Crippen LogP contribution in [-0.4, -0.2) is 27.0 Å². The predicted molar refractivity (Wildman–Crippen MR) is 106 cm³/mol. The number of carbonyl (C=O) groups is 1. The van der Waals surface area contributed by atoms with Gasteiger partial charge in [0.15, 0.2) is 0 Å². The van der Waals surface area contributed by atoms with Crippen molar-refractivity contribution in [1.29, 1.82) is 0 Å². The molecular weight excluding hydrogens is 352 g/mol. The minimum Gasteiger partial charge on any atom is -0.474 e. The molecule has 3 aromatic heterocycles. The first-order valence-corrected chi connectivity index (χ1v) is 9.55. The minimum atomic E-state index is -0.180. The van der Waals surface area contributed by atoms with Crippen molar-refractivity contribution < 1.29 is 9.53 Å². The average molecular weight is 374 g/mol. The standard InChI is InChI=1S/C22H22N4O2/c27-22(18-9-10-20(25-15-18)28-19-7-1-2-8-19)26-14-17-6-4-12-24-21(17)16-5-3-11-23-13-16/h3-6,9-13,15,19H,1-2,7-8,14H2,(H,26,27). The van der Waals surface area contributed by atoms with Gasteiger partial charge in [-0.2, -0.15) is 0 Å². The lowest BCUT2D eigenvalue weighted by atomic mass is 10.1. The molecule has 0 aromatic carbocycles. The molecule has 3 heterocycles. The number of amides is 1. The fraction of sp³-hybridized carbons (Fsp3) is 0.273. The van der Waals surface area contributed by atoms with E-state index < -0.39 is 0 Å². The van der Waals surface area contributed by atoms with Gasteiger partial charge in [-0.25, -0.2) is 4.98 Å². The van der Waals surface area contributed by atoms with Gasteiger partial charge in [0.1, 0.15) is 6.10 Å². The molecule has 6 nitrogen and oxygen atoms in total. The molecule has 1 N–H and O–H groups in total. The maximum absolute atomic E-state index is 12.5. The number of pyridine rings is 3. The van der Waals surface area contributed by atoms with Crippen LogP contribution < -0.4 is 10.1 Å². The van der Waals surface area contributed by atoms with Crippen LogP contribution >= 0.6 is 0 Å². The molecule has 28 heavy (non-hydrogen) atoms. The van der Waals surface area contributed by atoms with E-state index in [0.29, 0.717) is 18.0 Å². The molecular formula is C22H22N4O2. The Balaban J connectivity index is 1.39. The first-order chi connectivity index (χ1) is 13.8. The summed E-state index contributed by atoms with van der Waals surface area (Å²) in [5.74, 6) is 0.399. The third-order valence-corrected chi connectivity index (χ3v) is 4.85. The second-order valence-corrected chi connectivity index (χ2v) is 6.84. The van der Waals surface area contributed by atoms with Crippen molar-refractivity contribution in [3.63, 3.8) is 0 Å². The average Bonchev–Trinajstić information content (AvgIpc) is 3.26. The smallest absolute Gasteiger partial charge is 0.253 e. The van der Waals surface area contributed by atoms with E-state index in [1.807, 2.05) is 24.3 Å². The van der Waals surface area contributed by atoms with Crippen LogP contribution in [0.25, 0.3) is 11.3 Å². The predicted octanol–water partition coefficient (Wildman–Crippen LogP) is 3.79. The third kappa shape index (κ3) is 4.34. The van der Waals surface area contributed by atoms with Gasteiger partial charge in [-0.3, -0.25) is 14.8 Å². The Morgan fingerprint density at radius 2 is 1.89 bits per heavy atom. The Labute approximate surface area is 164 Å². The molecule has 142 valence electrons. The van der Waals surface area contributed by atoms with Crippen LogP contribution in [0, 0.1) is 0 Å². The molecule has 0 bridgehead atoms. The summed E-state index contributed by atoms with van der Waals surface area (Å²) in [6.07, 6.45) is 11.6. The first kappa shape index (κ1) is 18.1. The molecule has 1 saturated carbocycles. The molecule has 1 aliphatic carbocycles. The quantitative estimate of drug-likeness (QED) is 0.710. The molecule has 4 rings (SSSR count). The van der Waals surface area contributed by atoms with Gasteiger partial charge in [-0.05, 0) is 55.5 Å². The normalized spacial score (nSPS) is 14.0. The van der Waals surface area contributed by atoms with Crippen molar-refractivity contribution in [2.45, 2.75) is 38.3 Å². The number of hydrogen-bond donors (Lipinski definition) is 1. The second-order valence-electron chi connectivity index (χ2n) is 6.84. The highest BCUT2D eigenvalue weighted by atomic mass is 16.5. The summed E-state index contributed by atoms with van der Waals surface area (Å²) in [4.78, 5) is 25.4. The number of nitrogens with zero attached hydrogens (tertiary/aromatic N) is 3. The van der Waals surface area contributed by atoms with E-state index >= 15 is 0 Å². The van der Waals surface area contributed by atoms with Gasteiger partial charge in [0, 0.05) is 43.0 Å². The van der Waals surface area contributed by atoms with Gasteiger partial charge < -0.3 is 10.1 Å². The summed E-state index contributed by atoms with van der Waals surface area (Å²) in [5.41, 5.74) is 3.17. The lowest BCUT2D eigenvalue weighted by Gasteiger charge is -2.12. The molecule has 0 saturated heterocycles. The molecule has 6 heteroatoms. The maximum Gasteiger partial charge on any atom is 0.253 e. The molecule has 1 aliphatic rings. The zero-order chi connectivity index (χ0) is 19.2. The molecule has 0 atom stereocenters. The van der Waals surface area contributed by atoms with Crippen molar-refractivity contribution in [3.8, 4) is 17.1 Å². The van der Waals surface area contributed by atoms with Crippen molar-refractivity contribution >= 4 is 5.91 Å². The van der Waals surface area contributed by atoms with Crippen LogP contribution in [0.2, 0.25) is 0 Å². The van der Waals surface area contributed by atoms with Gasteiger partial charge in [-0.1, -0.05) is 6.07 Å². The van der Waals surface area contributed by atoms with Crippen LogP contribution in [0.1, 0.15) is 41.6 Å². The van der Waals surface area contributed by atoms with E-state index in [0.717, 1.165) is 29.7 Å². The molecule has 1 fully saturated rings. The van der Waals surface area contributed by atoms with Gasteiger partial charge >= 0.3 is 0 Å². The van der Waals surface area contributed by atoms with Crippen molar-refractivity contribution in [1.82, 2.24) is 20.3 Å². The molecule has 0 aliphatic heterocycles. The summed E-state index contributed by atoms with van der Waals surface area (Å²) in [6, 6.07) is 11.1. The summed E-state index contributed by atoms with van der Waals surface area (Å²) in [5, 5.41) is 2.94. The molecule has 0 spiro atoms. The van der Waals surface area contributed by atoms with E-state index in [9.17, 15) is 4.79 Å². The van der Waals surface area contributed by atoms with Crippen molar-refractivity contribution in [2.24, 2.45) is 0 Å². The fourth-order valence-electron chi connectivity index (χ4n) is 3.38. The number of nitrogens with one attached hydrogen (secondary N) is 1. The Kier molecular flexibility index (Phi) is 5.56. The molecule has 0 unspecified atom stereocenters. The Bertz CT molecular complexity index is 923. The van der Waals surface area contributed by atoms with E-state index in [4.69, 9.17) is 4.74 Å². The van der Waals surface area contributed by atoms with Gasteiger partial charge in [0.2, 0.25) is 5.88 Å². The van der Waals surface area contributed by atoms with Gasteiger partial charge in [0.25, 0.3) is 5.91 Å². The number of ether oxygens (including phenoxy) is 1. The molecule has 0 radical (unpaired) electrons. The number of aromatic nitrogens is 3. The van der Waals surface area contributed by atoms with E-state index in [2.05, 4.69) is 20.3 Å². The lowest BCUT2D eigenvalue weighted by molar-refractivity contribution is 0.0950. The van der Waals surface area contributed by atoms with E-state index in [1.54, 1.807) is 36.9 Å². The van der Waals surface area contributed by atoms with Gasteiger partial charge in [0.05, 0.1) is 11.3 Å².